The lowest BCUT2D eigenvalue weighted by Crippen LogP contribution is -2.15. The van der Waals surface area contributed by atoms with E-state index in [1.807, 2.05) is 0 Å². The van der Waals surface area contributed by atoms with Crippen LogP contribution in [0.2, 0.25) is 0 Å². The Morgan fingerprint density at radius 2 is 2.21 bits per heavy atom. The molecule has 0 bridgehead atoms. The normalized spacial score (nSPS) is 10.3. The number of hydrogen-bond acceptors (Lipinski definition) is 3. The molecule has 98 valence electrons. The lowest BCUT2D eigenvalue weighted by atomic mass is 10.2. The van der Waals surface area contributed by atoms with Crippen molar-refractivity contribution >= 4 is 33.3 Å². The maximum atomic E-state index is 13.8. The van der Waals surface area contributed by atoms with Crippen LogP contribution >= 0.6 is 15.9 Å². The average molecular weight is 324 g/mol. The topological polar surface area (TPSA) is 68.0 Å². The minimum absolute atomic E-state index is 0.0487. The van der Waals surface area contributed by atoms with Crippen LogP contribution in [0, 0.1) is 12.7 Å². The number of hydrogen-bond donors (Lipinski definition) is 2. The summed E-state index contributed by atoms with van der Waals surface area (Å²) in [5.41, 5.74) is 6.74. The van der Waals surface area contributed by atoms with Crippen molar-refractivity contribution in [3.8, 4) is 0 Å². The van der Waals surface area contributed by atoms with Crippen molar-refractivity contribution in [1.29, 1.82) is 0 Å². The molecule has 0 saturated heterocycles. The van der Waals surface area contributed by atoms with Crippen LogP contribution in [0.1, 0.15) is 15.9 Å². The molecule has 0 unspecified atom stereocenters. The number of carbonyl (C=O) groups excluding carboxylic acids is 1. The highest BCUT2D eigenvalue weighted by Gasteiger charge is 2.15. The molecular formula is C13H11BrFN3O. The molecule has 6 heteroatoms. The molecule has 2 rings (SSSR count). The number of nitrogens with two attached hydrogens (primary N) is 1. The van der Waals surface area contributed by atoms with Gasteiger partial charge in [-0.25, -0.2) is 9.37 Å². The van der Waals surface area contributed by atoms with E-state index in [-0.39, 0.29) is 10.0 Å². The first-order valence-corrected chi connectivity index (χ1v) is 6.26. The zero-order valence-corrected chi connectivity index (χ0v) is 11.7. The molecule has 0 aliphatic heterocycles. The summed E-state index contributed by atoms with van der Waals surface area (Å²) in [5, 5.41) is 2.56. The highest BCUT2D eigenvalue weighted by Crippen LogP contribution is 2.20. The Labute approximate surface area is 118 Å². The third-order valence-electron chi connectivity index (χ3n) is 2.53. The van der Waals surface area contributed by atoms with E-state index in [1.54, 1.807) is 19.1 Å². The summed E-state index contributed by atoms with van der Waals surface area (Å²) in [4.78, 5) is 16.0. The number of rotatable bonds is 2. The molecule has 0 atom stereocenters. The van der Waals surface area contributed by atoms with Crippen LogP contribution in [0.3, 0.4) is 0 Å². The monoisotopic (exact) mass is 323 g/mol. The second-order valence-electron chi connectivity index (χ2n) is 3.99. The summed E-state index contributed by atoms with van der Waals surface area (Å²) in [6.45, 7) is 1.76. The number of halogens is 2. The molecule has 1 amide bonds. The van der Waals surface area contributed by atoms with Crippen molar-refractivity contribution in [2.24, 2.45) is 0 Å². The van der Waals surface area contributed by atoms with Crippen LogP contribution in [0.25, 0.3) is 0 Å². The van der Waals surface area contributed by atoms with Crippen molar-refractivity contribution in [1.82, 2.24) is 4.98 Å². The molecular weight excluding hydrogens is 313 g/mol. The first-order chi connectivity index (χ1) is 8.99. The fraction of sp³-hybridized carbons (Fsp3) is 0.0769. The minimum Gasteiger partial charge on any atom is -0.397 e. The van der Waals surface area contributed by atoms with Crippen molar-refractivity contribution in [2.75, 3.05) is 11.1 Å². The number of nitrogens with zero attached hydrogens (tertiary/aromatic N) is 1. The van der Waals surface area contributed by atoms with Gasteiger partial charge in [0.05, 0.1) is 21.9 Å². The lowest BCUT2D eigenvalue weighted by Gasteiger charge is -2.09. The molecule has 2 aromatic rings. The van der Waals surface area contributed by atoms with Gasteiger partial charge < -0.3 is 11.1 Å². The molecule has 3 N–H and O–H groups in total. The van der Waals surface area contributed by atoms with Crippen molar-refractivity contribution in [3.05, 3.63) is 51.9 Å². The zero-order chi connectivity index (χ0) is 14.0. The standard InChI is InChI=1S/C13H11BrFN3O/c1-7-5-8(16)6-17-12(7)18-13(19)9-3-2-4-10(14)11(9)15/h2-6H,16H2,1H3,(H,17,18,19). The van der Waals surface area contributed by atoms with Crippen molar-refractivity contribution in [2.45, 2.75) is 6.92 Å². The van der Waals surface area contributed by atoms with Crippen LogP contribution in [0.15, 0.2) is 34.9 Å². The molecule has 0 spiro atoms. The minimum atomic E-state index is -0.604. The Morgan fingerprint density at radius 3 is 2.89 bits per heavy atom. The van der Waals surface area contributed by atoms with E-state index in [9.17, 15) is 9.18 Å². The van der Waals surface area contributed by atoms with Crippen LogP contribution in [0.5, 0.6) is 0 Å². The number of pyridine rings is 1. The number of nitrogen functional groups attached to an aromatic ring is 1. The fourth-order valence-electron chi connectivity index (χ4n) is 1.58. The van der Waals surface area contributed by atoms with Gasteiger partial charge in [0.25, 0.3) is 5.91 Å². The second kappa shape index (κ2) is 5.36. The second-order valence-corrected chi connectivity index (χ2v) is 4.84. The number of nitrogens with one attached hydrogen (secondary N) is 1. The van der Waals surface area contributed by atoms with E-state index >= 15 is 0 Å². The third kappa shape index (κ3) is 2.90. The molecule has 1 aromatic carbocycles. The highest BCUT2D eigenvalue weighted by molar-refractivity contribution is 9.10. The predicted octanol–water partition coefficient (Wildman–Crippen LogP) is 3.13. The van der Waals surface area contributed by atoms with Gasteiger partial charge in [0.2, 0.25) is 0 Å². The molecule has 1 heterocycles. The summed E-state index contributed by atoms with van der Waals surface area (Å²) >= 11 is 3.04. The number of aryl methyl sites for hydroxylation is 1. The van der Waals surface area contributed by atoms with Gasteiger partial charge in [0, 0.05) is 0 Å². The van der Waals surface area contributed by atoms with E-state index in [4.69, 9.17) is 5.73 Å². The van der Waals surface area contributed by atoms with Gasteiger partial charge in [-0.15, -0.1) is 0 Å². The number of aromatic nitrogens is 1. The van der Waals surface area contributed by atoms with E-state index in [0.29, 0.717) is 17.1 Å². The first-order valence-electron chi connectivity index (χ1n) is 5.46. The summed E-state index contributed by atoms with van der Waals surface area (Å²) in [6.07, 6.45) is 1.43. The van der Waals surface area contributed by atoms with Crippen LogP contribution in [-0.2, 0) is 0 Å². The smallest absolute Gasteiger partial charge is 0.259 e. The van der Waals surface area contributed by atoms with Gasteiger partial charge in [-0.2, -0.15) is 0 Å². The van der Waals surface area contributed by atoms with Crippen LogP contribution < -0.4 is 11.1 Å². The Hall–Kier alpha value is -1.95. The van der Waals surface area contributed by atoms with Gasteiger partial charge in [0.1, 0.15) is 11.6 Å². The van der Waals surface area contributed by atoms with Gasteiger partial charge in [0.15, 0.2) is 0 Å². The highest BCUT2D eigenvalue weighted by atomic mass is 79.9. The Balaban J connectivity index is 2.28. The predicted molar refractivity (Wildman–Crippen MR) is 75.4 cm³/mol. The summed E-state index contributed by atoms with van der Waals surface area (Å²) in [5.74, 6) is -0.800. The van der Waals surface area contributed by atoms with E-state index in [1.165, 1.54) is 18.3 Å². The molecule has 0 aliphatic rings. The maximum absolute atomic E-state index is 13.8. The quantitative estimate of drug-likeness (QED) is 0.892. The molecule has 0 fully saturated rings. The largest absolute Gasteiger partial charge is 0.397 e. The maximum Gasteiger partial charge on any atom is 0.259 e. The number of carbonyl (C=O) groups is 1. The number of amides is 1. The molecule has 0 aliphatic carbocycles. The summed E-state index contributed by atoms with van der Waals surface area (Å²) in [6, 6.07) is 6.20. The zero-order valence-electron chi connectivity index (χ0n) is 10.1. The van der Waals surface area contributed by atoms with Gasteiger partial charge in [-0.3, -0.25) is 4.79 Å². The molecule has 1 aromatic heterocycles. The van der Waals surface area contributed by atoms with Gasteiger partial charge in [-0.05, 0) is 46.6 Å². The van der Waals surface area contributed by atoms with E-state index in [0.717, 1.165) is 0 Å². The molecule has 0 saturated carbocycles. The van der Waals surface area contributed by atoms with Crippen LogP contribution in [0.4, 0.5) is 15.9 Å². The van der Waals surface area contributed by atoms with E-state index < -0.39 is 11.7 Å². The summed E-state index contributed by atoms with van der Waals surface area (Å²) < 4.78 is 14.0. The SMILES string of the molecule is Cc1cc(N)cnc1NC(=O)c1cccc(Br)c1F. The molecule has 0 radical (unpaired) electrons. The average Bonchev–Trinajstić information content (AvgIpc) is 2.36. The van der Waals surface area contributed by atoms with E-state index in [2.05, 4.69) is 26.2 Å². The third-order valence-corrected chi connectivity index (χ3v) is 3.14. The van der Waals surface area contributed by atoms with Crippen LogP contribution in [-0.4, -0.2) is 10.9 Å². The first kappa shape index (κ1) is 13.5. The summed E-state index contributed by atoms with van der Waals surface area (Å²) in [7, 11) is 0. The molecule has 4 nitrogen and oxygen atoms in total. The number of benzene rings is 1. The van der Waals surface area contributed by atoms with Gasteiger partial charge >= 0.3 is 0 Å². The molecule has 19 heavy (non-hydrogen) atoms. The Morgan fingerprint density at radius 1 is 1.47 bits per heavy atom. The Kier molecular flexibility index (Phi) is 3.80. The van der Waals surface area contributed by atoms with Gasteiger partial charge in [-0.1, -0.05) is 6.07 Å². The number of anilines is 2. The van der Waals surface area contributed by atoms with Crippen molar-refractivity contribution in [3.63, 3.8) is 0 Å². The Bertz CT molecular complexity index is 646. The van der Waals surface area contributed by atoms with Crippen molar-refractivity contribution < 1.29 is 9.18 Å². The lowest BCUT2D eigenvalue weighted by molar-refractivity contribution is 0.102. The fourth-order valence-corrected chi connectivity index (χ4v) is 1.95.